The van der Waals surface area contributed by atoms with Crippen LogP contribution < -0.4 is 5.32 Å². The Morgan fingerprint density at radius 1 is 1.25 bits per heavy atom. The first-order valence-electron chi connectivity index (χ1n) is 7.67. The minimum absolute atomic E-state index is 0.669. The van der Waals surface area contributed by atoms with Crippen molar-refractivity contribution in [1.29, 1.82) is 0 Å². The van der Waals surface area contributed by atoms with Gasteiger partial charge in [0.15, 0.2) is 0 Å². The molecule has 5 heteroatoms. The van der Waals surface area contributed by atoms with Gasteiger partial charge in [0.05, 0.1) is 0 Å². The van der Waals surface area contributed by atoms with E-state index >= 15 is 0 Å². The fraction of sp³-hybridized carbons (Fsp3) is 0.667. The Hall–Kier alpha value is -1.65. The molecule has 1 saturated carbocycles. The maximum absolute atomic E-state index is 4.36. The monoisotopic (exact) mass is 273 g/mol. The lowest BCUT2D eigenvalue weighted by Crippen LogP contribution is -2.22. The minimum atomic E-state index is 0.669. The Labute approximate surface area is 119 Å². The van der Waals surface area contributed by atoms with E-state index in [9.17, 15) is 0 Å². The molecule has 0 bridgehead atoms. The molecule has 3 rings (SSSR count). The van der Waals surface area contributed by atoms with Crippen molar-refractivity contribution < 1.29 is 0 Å². The molecule has 108 valence electrons. The van der Waals surface area contributed by atoms with Crippen molar-refractivity contribution in [3.63, 3.8) is 0 Å². The van der Waals surface area contributed by atoms with Crippen LogP contribution in [0.25, 0.3) is 5.78 Å². The summed E-state index contributed by atoms with van der Waals surface area (Å²) in [7, 11) is 0. The average Bonchev–Trinajstić information content (AvgIpc) is 2.93. The first-order chi connectivity index (χ1) is 9.76. The largest absolute Gasteiger partial charge is 0.370 e. The third-order valence-electron chi connectivity index (χ3n) is 4.50. The Balaban J connectivity index is 1.64. The summed E-state index contributed by atoms with van der Waals surface area (Å²) in [6.45, 7) is 5.32. The molecule has 1 fully saturated rings. The van der Waals surface area contributed by atoms with Gasteiger partial charge < -0.3 is 5.32 Å². The Morgan fingerprint density at radius 3 is 2.75 bits per heavy atom. The summed E-state index contributed by atoms with van der Waals surface area (Å²) in [5.74, 6) is 3.41. The standard InChI is InChI=1S/C15H23N5/c1-3-12-4-6-13(7-5-12)9-16-14-8-11(2)19-15-17-10-18-20(14)15/h8,10,12-13,16H,3-7,9H2,1-2H3. The third-order valence-corrected chi connectivity index (χ3v) is 4.50. The van der Waals surface area contributed by atoms with Crippen LogP contribution in [0.15, 0.2) is 12.4 Å². The zero-order valence-corrected chi connectivity index (χ0v) is 12.3. The number of hydrogen-bond donors (Lipinski definition) is 1. The molecule has 0 unspecified atom stereocenters. The summed E-state index contributed by atoms with van der Waals surface area (Å²) in [6, 6.07) is 2.04. The van der Waals surface area contributed by atoms with Gasteiger partial charge in [-0.15, -0.1) is 0 Å². The molecule has 0 atom stereocenters. The molecule has 1 aliphatic rings. The molecule has 1 N–H and O–H groups in total. The predicted molar refractivity (Wildman–Crippen MR) is 79.7 cm³/mol. The van der Waals surface area contributed by atoms with E-state index in [-0.39, 0.29) is 0 Å². The number of rotatable bonds is 4. The highest BCUT2D eigenvalue weighted by Gasteiger charge is 2.20. The van der Waals surface area contributed by atoms with Gasteiger partial charge in [-0.2, -0.15) is 14.6 Å². The second-order valence-electron chi connectivity index (χ2n) is 5.93. The van der Waals surface area contributed by atoms with Gasteiger partial charge in [0.25, 0.3) is 5.78 Å². The van der Waals surface area contributed by atoms with Crippen molar-refractivity contribution in [2.45, 2.75) is 46.0 Å². The number of hydrogen-bond acceptors (Lipinski definition) is 4. The summed E-state index contributed by atoms with van der Waals surface area (Å²) in [4.78, 5) is 8.52. The summed E-state index contributed by atoms with van der Waals surface area (Å²) in [6.07, 6.45) is 8.35. The maximum atomic E-state index is 4.36. The van der Waals surface area contributed by atoms with Crippen molar-refractivity contribution in [2.24, 2.45) is 11.8 Å². The first kappa shape index (κ1) is 13.3. The minimum Gasteiger partial charge on any atom is -0.370 e. The number of aryl methyl sites for hydroxylation is 1. The quantitative estimate of drug-likeness (QED) is 0.930. The smallest absolute Gasteiger partial charge is 0.254 e. The third kappa shape index (κ3) is 2.76. The Kier molecular flexibility index (Phi) is 3.85. The fourth-order valence-corrected chi connectivity index (χ4v) is 3.15. The van der Waals surface area contributed by atoms with E-state index in [0.717, 1.165) is 29.9 Å². The van der Waals surface area contributed by atoms with Crippen LogP contribution >= 0.6 is 0 Å². The van der Waals surface area contributed by atoms with Gasteiger partial charge in [-0.1, -0.05) is 26.2 Å². The number of aromatic nitrogens is 4. The van der Waals surface area contributed by atoms with E-state index in [1.54, 1.807) is 10.8 Å². The molecule has 0 aromatic carbocycles. The lowest BCUT2D eigenvalue weighted by molar-refractivity contribution is 0.278. The van der Waals surface area contributed by atoms with Gasteiger partial charge in [0.2, 0.25) is 0 Å². The molecule has 5 nitrogen and oxygen atoms in total. The average molecular weight is 273 g/mol. The second-order valence-corrected chi connectivity index (χ2v) is 5.93. The molecular weight excluding hydrogens is 250 g/mol. The van der Waals surface area contributed by atoms with Crippen molar-refractivity contribution in [2.75, 3.05) is 11.9 Å². The van der Waals surface area contributed by atoms with E-state index in [1.807, 2.05) is 13.0 Å². The van der Waals surface area contributed by atoms with Crippen LogP contribution in [0.2, 0.25) is 0 Å². The summed E-state index contributed by atoms with van der Waals surface area (Å²) >= 11 is 0. The lowest BCUT2D eigenvalue weighted by atomic mass is 9.81. The van der Waals surface area contributed by atoms with Crippen LogP contribution in [0.3, 0.4) is 0 Å². The normalized spacial score (nSPS) is 23.1. The number of anilines is 1. The highest BCUT2D eigenvalue weighted by atomic mass is 15.3. The van der Waals surface area contributed by atoms with Crippen molar-refractivity contribution in [1.82, 2.24) is 19.6 Å². The van der Waals surface area contributed by atoms with Crippen molar-refractivity contribution in [3.05, 3.63) is 18.1 Å². The van der Waals surface area contributed by atoms with E-state index in [1.165, 1.54) is 32.1 Å². The summed E-state index contributed by atoms with van der Waals surface area (Å²) < 4.78 is 1.78. The van der Waals surface area contributed by atoms with Crippen LogP contribution in [-0.2, 0) is 0 Å². The zero-order valence-electron chi connectivity index (χ0n) is 12.3. The van der Waals surface area contributed by atoms with Crippen LogP contribution in [0.1, 0.15) is 44.7 Å². The molecule has 20 heavy (non-hydrogen) atoms. The first-order valence-corrected chi connectivity index (χ1v) is 7.67. The zero-order chi connectivity index (χ0) is 13.9. The molecule has 2 aromatic rings. The van der Waals surface area contributed by atoms with Gasteiger partial charge in [-0.3, -0.25) is 0 Å². The number of fused-ring (bicyclic) bond motifs is 1. The molecule has 0 radical (unpaired) electrons. The highest BCUT2D eigenvalue weighted by Crippen LogP contribution is 2.30. The van der Waals surface area contributed by atoms with E-state index in [4.69, 9.17) is 0 Å². The Bertz CT molecular complexity index is 569. The molecule has 0 amide bonds. The lowest BCUT2D eigenvalue weighted by Gasteiger charge is -2.28. The SMILES string of the molecule is CCC1CCC(CNc2cc(C)nc3ncnn23)CC1. The molecule has 2 heterocycles. The molecular formula is C15H23N5. The van der Waals surface area contributed by atoms with Gasteiger partial charge in [0.1, 0.15) is 12.1 Å². The van der Waals surface area contributed by atoms with Crippen LogP contribution in [0, 0.1) is 18.8 Å². The highest BCUT2D eigenvalue weighted by molar-refractivity contribution is 5.44. The van der Waals surface area contributed by atoms with Gasteiger partial charge >= 0.3 is 0 Å². The predicted octanol–water partition coefficient (Wildman–Crippen LogP) is 3.06. The van der Waals surface area contributed by atoms with E-state index in [0.29, 0.717) is 5.78 Å². The van der Waals surface area contributed by atoms with Gasteiger partial charge in [0, 0.05) is 18.3 Å². The Morgan fingerprint density at radius 2 is 2.00 bits per heavy atom. The summed E-state index contributed by atoms with van der Waals surface area (Å²) in [5, 5.41) is 7.77. The van der Waals surface area contributed by atoms with Crippen LogP contribution in [-0.4, -0.2) is 26.1 Å². The molecule has 0 saturated heterocycles. The van der Waals surface area contributed by atoms with Crippen LogP contribution in [0.5, 0.6) is 0 Å². The van der Waals surface area contributed by atoms with E-state index < -0.39 is 0 Å². The maximum Gasteiger partial charge on any atom is 0.254 e. The van der Waals surface area contributed by atoms with Gasteiger partial charge in [-0.05, 0) is 31.6 Å². The van der Waals surface area contributed by atoms with Gasteiger partial charge in [-0.25, -0.2) is 4.98 Å². The second kappa shape index (κ2) is 5.77. The molecule has 2 aromatic heterocycles. The van der Waals surface area contributed by atoms with Crippen molar-refractivity contribution in [3.8, 4) is 0 Å². The topological polar surface area (TPSA) is 55.1 Å². The molecule has 0 spiro atoms. The molecule has 0 aliphatic heterocycles. The van der Waals surface area contributed by atoms with E-state index in [2.05, 4.69) is 27.3 Å². The van der Waals surface area contributed by atoms with Crippen LogP contribution in [0.4, 0.5) is 5.82 Å². The van der Waals surface area contributed by atoms with Crippen molar-refractivity contribution >= 4 is 11.6 Å². The molecule has 1 aliphatic carbocycles. The fourth-order valence-electron chi connectivity index (χ4n) is 3.15. The number of nitrogens with one attached hydrogen (secondary N) is 1. The number of nitrogens with zero attached hydrogens (tertiary/aromatic N) is 4. The summed E-state index contributed by atoms with van der Waals surface area (Å²) in [5.41, 5.74) is 0.975.